The highest BCUT2D eigenvalue weighted by molar-refractivity contribution is 5.28. The van der Waals surface area contributed by atoms with E-state index < -0.39 is 0 Å². The van der Waals surface area contributed by atoms with Gasteiger partial charge in [0.1, 0.15) is 0 Å². The maximum Gasteiger partial charge on any atom is 0.168 e. The van der Waals surface area contributed by atoms with Crippen LogP contribution in [0, 0.1) is 6.92 Å². The van der Waals surface area contributed by atoms with Gasteiger partial charge in [-0.1, -0.05) is 31.2 Å². The van der Waals surface area contributed by atoms with Crippen LogP contribution in [0.5, 0.6) is 0 Å². The molecule has 0 aliphatic carbocycles. The maximum atomic E-state index is 4.15. The topological polar surface area (TPSA) is 55.6 Å². The van der Waals surface area contributed by atoms with Crippen molar-refractivity contribution in [1.82, 2.24) is 25.5 Å². The number of hydrogen-bond donors (Lipinski definition) is 1. The van der Waals surface area contributed by atoms with E-state index >= 15 is 0 Å². The fraction of sp³-hybridized carbons (Fsp3) is 0.500. The molecule has 0 saturated heterocycles. The van der Waals surface area contributed by atoms with Gasteiger partial charge in [-0.25, -0.2) is 4.68 Å². The lowest BCUT2D eigenvalue weighted by Gasteiger charge is -2.18. The van der Waals surface area contributed by atoms with Crippen molar-refractivity contribution >= 4 is 0 Å². The summed E-state index contributed by atoms with van der Waals surface area (Å²) in [5, 5.41) is 15.5. The van der Waals surface area contributed by atoms with Gasteiger partial charge in [-0.15, -0.1) is 5.10 Å². The predicted octanol–water partition coefficient (Wildman–Crippen LogP) is 2.26. The van der Waals surface area contributed by atoms with Gasteiger partial charge in [-0.05, 0) is 48.9 Å². The Kier molecular flexibility index (Phi) is 4.27. The van der Waals surface area contributed by atoms with E-state index in [9.17, 15) is 0 Å². The molecule has 1 N–H and O–H groups in total. The van der Waals surface area contributed by atoms with Crippen molar-refractivity contribution in [2.24, 2.45) is 0 Å². The molecule has 0 aliphatic heterocycles. The lowest BCUT2D eigenvalue weighted by atomic mass is 10.0. The average Bonchev–Trinajstić information content (AvgIpc) is 2.88. The predicted molar refractivity (Wildman–Crippen MR) is 74.9 cm³/mol. The van der Waals surface area contributed by atoms with Gasteiger partial charge in [-0.2, -0.15) is 0 Å². The summed E-state index contributed by atoms with van der Waals surface area (Å²) in [6.07, 6.45) is 0. The molecule has 0 amide bonds. The first-order valence-electron chi connectivity index (χ1n) is 6.71. The fourth-order valence-electron chi connectivity index (χ4n) is 2.35. The Labute approximate surface area is 114 Å². The quantitative estimate of drug-likeness (QED) is 0.895. The number of tetrazole rings is 1. The number of nitrogens with zero attached hydrogens (tertiary/aromatic N) is 4. The van der Waals surface area contributed by atoms with Gasteiger partial charge < -0.3 is 5.32 Å². The van der Waals surface area contributed by atoms with Gasteiger partial charge in [0.15, 0.2) is 5.82 Å². The summed E-state index contributed by atoms with van der Waals surface area (Å²) in [5.41, 5.74) is 2.51. The van der Waals surface area contributed by atoms with Crippen molar-refractivity contribution in [1.29, 1.82) is 0 Å². The average molecular weight is 259 g/mol. The smallest absolute Gasteiger partial charge is 0.168 e. The largest absolute Gasteiger partial charge is 0.308 e. The van der Waals surface area contributed by atoms with Crippen LogP contribution in [-0.2, 0) is 0 Å². The first kappa shape index (κ1) is 13.7. The third-order valence-electron chi connectivity index (χ3n) is 3.42. The molecule has 0 aliphatic rings. The zero-order chi connectivity index (χ0) is 13.8. The minimum atomic E-state index is 0.132. The zero-order valence-corrected chi connectivity index (χ0v) is 12.0. The molecular weight excluding hydrogens is 238 g/mol. The molecule has 2 aromatic rings. The monoisotopic (exact) mass is 259 g/mol. The van der Waals surface area contributed by atoms with Gasteiger partial charge in [0, 0.05) is 0 Å². The molecule has 5 heteroatoms. The highest BCUT2D eigenvalue weighted by atomic mass is 15.6. The zero-order valence-electron chi connectivity index (χ0n) is 12.0. The molecule has 0 radical (unpaired) electrons. The number of nitrogens with one attached hydrogen (secondary N) is 1. The number of aromatic nitrogens is 4. The maximum absolute atomic E-state index is 4.15. The minimum Gasteiger partial charge on any atom is -0.308 e. The highest BCUT2D eigenvalue weighted by Gasteiger charge is 2.19. The van der Waals surface area contributed by atoms with Gasteiger partial charge in [0.2, 0.25) is 0 Å². The van der Waals surface area contributed by atoms with Crippen molar-refractivity contribution in [3.8, 4) is 0 Å². The molecule has 1 aromatic heterocycles. The van der Waals surface area contributed by atoms with Crippen LogP contribution in [0.25, 0.3) is 0 Å². The number of benzene rings is 1. The van der Waals surface area contributed by atoms with E-state index in [1.165, 1.54) is 11.1 Å². The van der Waals surface area contributed by atoms with Crippen molar-refractivity contribution in [3.05, 3.63) is 41.2 Å². The molecular formula is C14H21N5. The van der Waals surface area contributed by atoms with E-state index in [0.29, 0.717) is 0 Å². The van der Waals surface area contributed by atoms with Crippen LogP contribution < -0.4 is 5.32 Å². The second-order valence-corrected chi connectivity index (χ2v) is 4.79. The lowest BCUT2D eigenvalue weighted by molar-refractivity contribution is 0.470. The van der Waals surface area contributed by atoms with E-state index in [1.807, 2.05) is 10.7 Å². The SMILES string of the molecule is CCNC(C)c1nnnn1C(C)c1ccccc1C. The molecule has 1 aromatic carbocycles. The Morgan fingerprint density at radius 2 is 2.00 bits per heavy atom. The first-order chi connectivity index (χ1) is 9.15. The third-order valence-corrected chi connectivity index (χ3v) is 3.42. The van der Waals surface area contributed by atoms with Crippen LogP contribution in [0.1, 0.15) is 49.8 Å². The van der Waals surface area contributed by atoms with Crippen LogP contribution in [-0.4, -0.2) is 26.8 Å². The lowest BCUT2D eigenvalue weighted by Crippen LogP contribution is -2.24. The number of hydrogen-bond acceptors (Lipinski definition) is 4. The Morgan fingerprint density at radius 3 is 2.68 bits per heavy atom. The second kappa shape index (κ2) is 5.93. The van der Waals surface area contributed by atoms with Gasteiger partial charge in [0.05, 0.1) is 12.1 Å². The Bertz CT molecular complexity index is 534. The number of rotatable bonds is 5. The third kappa shape index (κ3) is 2.81. The molecule has 19 heavy (non-hydrogen) atoms. The summed E-state index contributed by atoms with van der Waals surface area (Å²) in [6, 6.07) is 8.62. The van der Waals surface area contributed by atoms with Crippen molar-refractivity contribution in [3.63, 3.8) is 0 Å². The number of aryl methyl sites for hydroxylation is 1. The van der Waals surface area contributed by atoms with Crippen LogP contribution in [0.2, 0.25) is 0 Å². The van der Waals surface area contributed by atoms with Crippen molar-refractivity contribution in [2.45, 2.75) is 39.8 Å². The molecule has 5 nitrogen and oxygen atoms in total. The van der Waals surface area contributed by atoms with E-state index in [1.54, 1.807) is 0 Å². The van der Waals surface area contributed by atoms with Crippen molar-refractivity contribution < 1.29 is 0 Å². The van der Waals surface area contributed by atoms with Gasteiger partial charge in [0.25, 0.3) is 0 Å². The normalized spacial score (nSPS) is 14.3. The molecule has 102 valence electrons. The minimum absolute atomic E-state index is 0.132. The summed E-state index contributed by atoms with van der Waals surface area (Å²) in [7, 11) is 0. The van der Waals surface area contributed by atoms with E-state index in [2.05, 4.69) is 66.7 Å². The summed E-state index contributed by atoms with van der Waals surface area (Å²) >= 11 is 0. The van der Waals surface area contributed by atoms with Crippen LogP contribution in [0.4, 0.5) is 0 Å². The van der Waals surface area contributed by atoms with E-state index in [0.717, 1.165) is 12.4 Å². The Hall–Kier alpha value is -1.75. The standard InChI is InChI=1S/C14H21N5/c1-5-15-11(3)14-16-17-18-19(14)12(4)13-9-7-6-8-10(13)2/h6-9,11-12,15H,5H2,1-4H3. The molecule has 0 bridgehead atoms. The highest BCUT2D eigenvalue weighted by Crippen LogP contribution is 2.22. The van der Waals surface area contributed by atoms with Gasteiger partial charge in [-0.3, -0.25) is 0 Å². The van der Waals surface area contributed by atoms with Crippen molar-refractivity contribution in [2.75, 3.05) is 6.54 Å². The van der Waals surface area contributed by atoms with E-state index in [4.69, 9.17) is 0 Å². The van der Waals surface area contributed by atoms with Crippen LogP contribution in [0.3, 0.4) is 0 Å². The fourth-order valence-corrected chi connectivity index (χ4v) is 2.35. The molecule has 0 fully saturated rings. The molecule has 2 rings (SSSR count). The molecule has 2 unspecified atom stereocenters. The van der Waals surface area contributed by atoms with Crippen LogP contribution in [0.15, 0.2) is 24.3 Å². The summed E-state index contributed by atoms with van der Waals surface area (Å²) < 4.78 is 1.90. The van der Waals surface area contributed by atoms with Gasteiger partial charge >= 0.3 is 0 Å². The summed E-state index contributed by atoms with van der Waals surface area (Å²) in [4.78, 5) is 0. The Balaban J connectivity index is 2.32. The van der Waals surface area contributed by atoms with E-state index in [-0.39, 0.29) is 12.1 Å². The molecule has 1 heterocycles. The first-order valence-corrected chi connectivity index (χ1v) is 6.71. The Morgan fingerprint density at radius 1 is 1.26 bits per heavy atom. The molecule has 2 atom stereocenters. The molecule has 0 spiro atoms. The summed E-state index contributed by atoms with van der Waals surface area (Å²) in [6.45, 7) is 9.29. The van der Waals surface area contributed by atoms with Crippen LogP contribution >= 0.6 is 0 Å². The molecule has 0 saturated carbocycles. The summed E-state index contributed by atoms with van der Waals surface area (Å²) in [5.74, 6) is 0.873. The second-order valence-electron chi connectivity index (χ2n) is 4.79.